The minimum Gasteiger partial charge on any atom is -0.380 e. The third-order valence-corrected chi connectivity index (χ3v) is 2.07. The zero-order valence-corrected chi connectivity index (χ0v) is 8.53. The van der Waals surface area contributed by atoms with Gasteiger partial charge in [0.15, 0.2) is 0 Å². The summed E-state index contributed by atoms with van der Waals surface area (Å²) in [6, 6.07) is 7.98. The molecule has 0 fully saturated rings. The van der Waals surface area contributed by atoms with Gasteiger partial charge >= 0.3 is 0 Å². The second-order valence-electron chi connectivity index (χ2n) is 3.15. The first-order valence-electron chi connectivity index (χ1n) is 4.73. The summed E-state index contributed by atoms with van der Waals surface area (Å²) < 4.78 is 5.12. The van der Waals surface area contributed by atoms with Crippen LogP contribution in [0, 0.1) is 0 Å². The predicted molar refractivity (Wildman–Crippen MR) is 59.0 cm³/mol. The minimum atomic E-state index is 0.587. The zero-order valence-electron chi connectivity index (χ0n) is 8.53. The van der Waals surface area contributed by atoms with E-state index in [1.807, 2.05) is 24.3 Å². The maximum Gasteiger partial charge on any atom is 0.204 e. The molecule has 2 aromatic rings. The van der Waals surface area contributed by atoms with E-state index < -0.39 is 0 Å². The topological polar surface area (TPSA) is 49.9 Å². The molecule has 0 aliphatic heterocycles. The molecular formula is C11H13N3O. The third-order valence-electron chi connectivity index (χ3n) is 2.07. The van der Waals surface area contributed by atoms with Crippen LogP contribution < -0.4 is 5.32 Å². The lowest BCUT2D eigenvalue weighted by Crippen LogP contribution is -1.98. The van der Waals surface area contributed by atoms with Crippen LogP contribution in [-0.4, -0.2) is 17.1 Å². The highest BCUT2D eigenvalue weighted by atomic mass is 16.5. The summed E-state index contributed by atoms with van der Waals surface area (Å²) in [6.07, 6.45) is 3.49. The average molecular weight is 203 g/mol. The van der Waals surface area contributed by atoms with Gasteiger partial charge in [0.2, 0.25) is 5.95 Å². The van der Waals surface area contributed by atoms with Gasteiger partial charge in [0.1, 0.15) is 0 Å². The van der Waals surface area contributed by atoms with Crippen molar-refractivity contribution in [2.24, 2.45) is 0 Å². The van der Waals surface area contributed by atoms with E-state index in [1.165, 1.54) is 0 Å². The molecule has 1 heterocycles. The van der Waals surface area contributed by atoms with Crippen molar-refractivity contribution < 1.29 is 4.74 Å². The summed E-state index contributed by atoms with van der Waals surface area (Å²) >= 11 is 0. The molecule has 15 heavy (non-hydrogen) atoms. The number of hydrogen-bond donors (Lipinski definition) is 2. The van der Waals surface area contributed by atoms with E-state index in [0.29, 0.717) is 6.61 Å². The molecule has 4 nitrogen and oxygen atoms in total. The highest BCUT2D eigenvalue weighted by Gasteiger charge is 2.02. The number of nitrogens with zero attached hydrogens (tertiary/aromatic N) is 1. The zero-order chi connectivity index (χ0) is 10.5. The molecule has 0 saturated carbocycles. The number of rotatable bonds is 4. The summed E-state index contributed by atoms with van der Waals surface area (Å²) in [4.78, 5) is 7.10. The molecule has 0 atom stereocenters. The molecule has 0 bridgehead atoms. The largest absolute Gasteiger partial charge is 0.380 e. The summed E-state index contributed by atoms with van der Waals surface area (Å²) in [7, 11) is 1.68. The molecule has 1 aromatic carbocycles. The van der Waals surface area contributed by atoms with E-state index in [1.54, 1.807) is 19.5 Å². The molecule has 0 amide bonds. The highest BCUT2D eigenvalue weighted by molar-refractivity contribution is 5.58. The van der Waals surface area contributed by atoms with Crippen LogP contribution in [0.25, 0.3) is 0 Å². The number of para-hydroxylation sites is 1. The second kappa shape index (κ2) is 4.61. The van der Waals surface area contributed by atoms with Crippen molar-refractivity contribution in [3.63, 3.8) is 0 Å². The van der Waals surface area contributed by atoms with Crippen LogP contribution in [0.4, 0.5) is 11.6 Å². The predicted octanol–water partition coefficient (Wildman–Crippen LogP) is 2.30. The van der Waals surface area contributed by atoms with Crippen molar-refractivity contribution in [2.75, 3.05) is 12.4 Å². The molecule has 4 heteroatoms. The molecule has 2 rings (SSSR count). The van der Waals surface area contributed by atoms with Crippen LogP contribution in [-0.2, 0) is 11.3 Å². The fourth-order valence-electron chi connectivity index (χ4n) is 1.38. The van der Waals surface area contributed by atoms with Crippen molar-refractivity contribution in [3.05, 3.63) is 42.2 Å². The van der Waals surface area contributed by atoms with Gasteiger partial charge in [-0.25, -0.2) is 4.98 Å². The van der Waals surface area contributed by atoms with E-state index in [0.717, 1.165) is 17.2 Å². The van der Waals surface area contributed by atoms with Crippen LogP contribution in [0.3, 0.4) is 0 Å². The van der Waals surface area contributed by atoms with Gasteiger partial charge in [0.05, 0.1) is 6.61 Å². The molecule has 1 aromatic heterocycles. The monoisotopic (exact) mass is 203 g/mol. The smallest absolute Gasteiger partial charge is 0.204 e. The maximum absolute atomic E-state index is 5.12. The Morgan fingerprint density at radius 1 is 1.40 bits per heavy atom. The SMILES string of the molecule is COCc1ccccc1Nc1ncc[nH]1. The first-order valence-corrected chi connectivity index (χ1v) is 4.73. The molecule has 78 valence electrons. The Hall–Kier alpha value is -1.81. The lowest BCUT2D eigenvalue weighted by molar-refractivity contribution is 0.185. The van der Waals surface area contributed by atoms with Crippen LogP contribution in [0.15, 0.2) is 36.7 Å². The minimum absolute atomic E-state index is 0.587. The number of nitrogens with one attached hydrogen (secondary N) is 2. The Bertz CT molecular complexity index is 412. The number of hydrogen-bond acceptors (Lipinski definition) is 3. The molecule has 0 saturated heterocycles. The normalized spacial score (nSPS) is 10.2. The number of aromatic amines is 1. The number of ether oxygens (including phenoxy) is 1. The van der Waals surface area contributed by atoms with E-state index in [-0.39, 0.29) is 0 Å². The molecule has 2 N–H and O–H groups in total. The van der Waals surface area contributed by atoms with Crippen LogP contribution in [0.5, 0.6) is 0 Å². The first kappa shape index (κ1) is 9.73. The Balaban J connectivity index is 2.20. The Kier molecular flexibility index (Phi) is 2.99. The lowest BCUT2D eigenvalue weighted by atomic mass is 10.2. The molecule has 0 spiro atoms. The van der Waals surface area contributed by atoms with Crippen LogP contribution in [0.1, 0.15) is 5.56 Å². The summed E-state index contributed by atoms with van der Waals surface area (Å²) in [6.45, 7) is 0.587. The fraction of sp³-hybridized carbons (Fsp3) is 0.182. The van der Waals surface area contributed by atoms with Crippen molar-refractivity contribution in [2.45, 2.75) is 6.61 Å². The lowest BCUT2D eigenvalue weighted by Gasteiger charge is -2.08. The highest BCUT2D eigenvalue weighted by Crippen LogP contribution is 2.18. The standard InChI is InChI=1S/C11H13N3O/c1-15-8-9-4-2-3-5-10(9)14-11-12-6-7-13-11/h2-7H,8H2,1H3,(H2,12,13,14). The van der Waals surface area contributed by atoms with Gasteiger partial charge in [0.25, 0.3) is 0 Å². The van der Waals surface area contributed by atoms with E-state index in [2.05, 4.69) is 15.3 Å². The van der Waals surface area contributed by atoms with Crippen molar-refractivity contribution in [1.82, 2.24) is 9.97 Å². The van der Waals surface area contributed by atoms with Gasteiger partial charge in [-0.1, -0.05) is 18.2 Å². The second-order valence-corrected chi connectivity index (χ2v) is 3.15. The third kappa shape index (κ3) is 2.35. The van der Waals surface area contributed by atoms with Gasteiger partial charge in [-0.05, 0) is 6.07 Å². The van der Waals surface area contributed by atoms with Crippen molar-refractivity contribution >= 4 is 11.6 Å². The molecule has 0 radical (unpaired) electrons. The quantitative estimate of drug-likeness (QED) is 0.801. The van der Waals surface area contributed by atoms with Crippen molar-refractivity contribution in [3.8, 4) is 0 Å². The van der Waals surface area contributed by atoms with Gasteiger partial charge in [0, 0.05) is 30.8 Å². The maximum atomic E-state index is 5.12. The molecule has 0 unspecified atom stereocenters. The Labute approximate surface area is 88.3 Å². The van der Waals surface area contributed by atoms with Crippen molar-refractivity contribution in [1.29, 1.82) is 0 Å². The van der Waals surface area contributed by atoms with E-state index in [4.69, 9.17) is 4.74 Å². The number of H-pyrrole nitrogens is 1. The molecular weight excluding hydrogens is 190 g/mol. The Morgan fingerprint density at radius 2 is 2.27 bits per heavy atom. The van der Waals surface area contributed by atoms with E-state index >= 15 is 0 Å². The number of benzene rings is 1. The van der Waals surface area contributed by atoms with Gasteiger partial charge in [-0.15, -0.1) is 0 Å². The average Bonchev–Trinajstić information content (AvgIpc) is 2.74. The summed E-state index contributed by atoms with van der Waals surface area (Å²) in [5, 5.41) is 3.19. The number of imidazole rings is 1. The number of aromatic nitrogens is 2. The van der Waals surface area contributed by atoms with Gasteiger partial charge in [-0.3, -0.25) is 0 Å². The van der Waals surface area contributed by atoms with Gasteiger partial charge < -0.3 is 15.0 Å². The van der Waals surface area contributed by atoms with Crippen LogP contribution in [0.2, 0.25) is 0 Å². The Morgan fingerprint density at radius 3 is 3.00 bits per heavy atom. The molecule has 0 aliphatic carbocycles. The number of anilines is 2. The fourth-order valence-corrected chi connectivity index (χ4v) is 1.38. The van der Waals surface area contributed by atoms with Crippen LogP contribution >= 0.6 is 0 Å². The molecule has 0 aliphatic rings. The van der Waals surface area contributed by atoms with E-state index in [9.17, 15) is 0 Å². The number of methoxy groups -OCH3 is 1. The first-order chi connectivity index (χ1) is 7.40. The summed E-state index contributed by atoms with van der Waals surface area (Å²) in [5.41, 5.74) is 2.12. The van der Waals surface area contributed by atoms with Gasteiger partial charge in [-0.2, -0.15) is 0 Å². The summed E-state index contributed by atoms with van der Waals surface area (Å²) in [5.74, 6) is 0.735.